The van der Waals surface area contributed by atoms with E-state index in [0.29, 0.717) is 12.1 Å². The lowest BCUT2D eigenvalue weighted by atomic mass is 10.1. The minimum absolute atomic E-state index is 0.236. The van der Waals surface area contributed by atoms with Gasteiger partial charge in [-0.1, -0.05) is 37.3 Å². The van der Waals surface area contributed by atoms with Gasteiger partial charge in [-0.2, -0.15) is 0 Å². The van der Waals surface area contributed by atoms with Gasteiger partial charge in [0.05, 0.1) is 6.61 Å². The van der Waals surface area contributed by atoms with Crippen LogP contribution in [0, 0.1) is 0 Å². The van der Waals surface area contributed by atoms with Crippen molar-refractivity contribution in [2.75, 3.05) is 13.2 Å². The largest absolute Gasteiger partial charge is 0.395 e. The molecule has 2 N–H and O–H groups in total. The second-order valence-corrected chi connectivity index (χ2v) is 5.65. The fourth-order valence-electron chi connectivity index (χ4n) is 2.89. The van der Waals surface area contributed by atoms with Gasteiger partial charge in [0.25, 0.3) is 0 Å². The SMILES string of the molecule is CCC(CO)NC1CC(C)N(Cc2ccccc2)C1. The molecule has 0 aromatic heterocycles. The number of nitrogens with one attached hydrogen (secondary N) is 1. The Labute approximate surface area is 116 Å². The Bertz CT molecular complexity index is 364. The number of rotatable bonds is 6. The smallest absolute Gasteiger partial charge is 0.0584 e. The Morgan fingerprint density at radius 2 is 2.11 bits per heavy atom. The van der Waals surface area contributed by atoms with Gasteiger partial charge in [-0.25, -0.2) is 0 Å². The van der Waals surface area contributed by atoms with E-state index in [1.165, 1.54) is 12.0 Å². The Hall–Kier alpha value is -0.900. The Morgan fingerprint density at radius 1 is 1.37 bits per heavy atom. The lowest BCUT2D eigenvalue weighted by molar-refractivity contribution is 0.222. The molecule has 1 fully saturated rings. The molecule has 106 valence electrons. The molecule has 1 aliphatic rings. The summed E-state index contributed by atoms with van der Waals surface area (Å²) in [7, 11) is 0. The molecule has 0 bridgehead atoms. The summed E-state index contributed by atoms with van der Waals surface area (Å²) < 4.78 is 0. The maximum absolute atomic E-state index is 9.28. The van der Waals surface area contributed by atoms with Crippen molar-refractivity contribution in [1.82, 2.24) is 10.2 Å². The third-order valence-electron chi connectivity index (χ3n) is 4.12. The number of hydrogen-bond donors (Lipinski definition) is 2. The number of likely N-dealkylation sites (tertiary alicyclic amines) is 1. The molecule has 2 rings (SSSR count). The first-order valence-corrected chi connectivity index (χ1v) is 7.37. The van der Waals surface area contributed by atoms with E-state index in [-0.39, 0.29) is 12.6 Å². The summed E-state index contributed by atoms with van der Waals surface area (Å²) >= 11 is 0. The van der Waals surface area contributed by atoms with Crippen molar-refractivity contribution in [3.8, 4) is 0 Å². The molecule has 3 nitrogen and oxygen atoms in total. The monoisotopic (exact) mass is 262 g/mol. The lowest BCUT2D eigenvalue weighted by Gasteiger charge is -2.22. The summed E-state index contributed by atoms with van der Waals surface area (Å²) in [5.74, 6) is 0. The van der Waals surface area contributed by atoms with Crippen LogP contribution in [-0.4, -0.2) is 41.3 Å². The van der Waals surface area contributed by atoms with Gasteiger partial charge in [-0.3, -0.25) is 4.90 Å². The maximum atomic E-state index is 9.28. The lowest BCUT2D eigenvalue weighted by Crippen LogP contribution is -2.41. The quantitative estimate of drug-likeness (QED) is 0.823. The third kappa shape index (κ3) is 4.03. The van der Waals surface area contributed by atoms with Gasteiger partial charge >= 0.3 is 0 Å². The molecule has 3 atom stereocenters. The van der Waals surface area contributed by atoms with Crippen LogP contribution in [0.1, 0.15) is 32.3 Å². The molecule has 1 aromatic carbocycles. The van der Waals surface area contributed by atoms with Crippen molar-refractivity contribution in [3.05, 3.63) is 35.9 Å². The van der Waals surface area contributed by atoms with Gasteiger partial charge in [-0.05, 0) is 25.3 Å². The standard InChI is InChI=1S/C16H26N2O/c1-3-15(12-19)17-16-9-13(2)18(11-16)10-14-7-5-4-6-8-14/h4-8,13,15-17,19H,3,9-12H2,1-2H3. The van der Waals surface area contributed by atoms with Crippen LogP contribution in [0.2, 0.25) is 0 Å². The van der Waals surface area contributed by atoms with E-state index in [2.05, 4.69) is 54.4 Å². The summed E-state index contributed by atoms with van der Waals surface area (Å²) in [4.78, 5) is 2.52. The average Bonchev–Trinajstić information content (AvgIpc) is 2.77. The highest BCUT2D eigenvalue weighted by Gasteiger charge is 2.29. The van der Waals surface area contributed by atoms with E-state index in [1.807, 2.05) is 0 Å². The number of aliphatic hydroxyl groups is 1. The van der Waals surface area contributed by atoms with Gasteiger partial charge in [0.1, 0.15) is 0 Å². The van der Waals surface area contributed by atoms with Crippen LogP contribution in [0.15, 0.2) is 30.3 Å². The van der Waals surface area contributed by atoms with Crippen molar-refractivity contribution in [1.29, 1.82) is 0 Å². The maximum Gasteiger partial charge on any atom is 0.0584 e. The van der Waals surface area contributed by atoms with Gasteiger partial charge in [-0.15, -0.1) is 0 Å². The van der Waals surface area contributed by atoms with Gasteiger partial charge in [0, 0.05) is 31.2 Å². The highest BCUT2D eigenvalue weighted by atomic mass is 16.3. The van der Waals surface area contributed by atoms with Crippen LogP contribution in [0.4, 0.5) is 0 Å². The molecule has 1 aromatic rings. The van der Waals surface area contributed by atoms with E-state index >= 15 is 0 Å². The summed E-state index contributed by atoms with van der Waals surface area (Å²) in [5, 5.41) is 12.8. The minimum Gasteiger partial charge on any atom is -0.395 e. The first-order chi connectivity index (χ1) is 9.22. The third-order valence-corrected chi connectivity index (χ3v) is 4.12. The van der Waals surface area contributed by atoms with E-state index in [1.54, 1.807) is 0 Å². The number of benzene rings is 1. The first kappa shape index (κ1) is 14.5. The van der Waals surface area contributed by atoms with Gasteiger partial charge < -0.3 is 10.4 Å². The average molecular weight is 262 g/mol. The fraction of sp³-hybridized carbons (Fsp3) is 0.625. The normalized spacial score (nSPS) is 25.6. The first-order valence-electron chi connectivity index (χ1n) is 7.37. The summed E-state index contributed by atoms with van der Waals surface area (Å²) in [6.07, 6.45) is 2.16. The zero-order valence-electron chi connectivity index (χ0n) is 12.0. The number of aliphatic hydroxyl groups excluding tert-OH is 1. The molecule has 3 heteroatoms. The van der Waals surface area contributed by atoms with Crippen molar-refractivity contribution in [2.45, 2.75) is 51.4 Å². The fourth-order valence-corrected chi connectivity index (χ4v) is 2.89. The molecule has 0 radical (unpaired) electrons. The molecule has 0 saturated carbocycles. The molecule has 0 amide bonds. The summed E-state index contributed by atoms with van der Waals surface area (Å²) in [6, 6.07) is 12.0. The van der Waals surface area contributed by atoms with E-state index in [9.17, 15) is 5.11 Å². The van der Waals surface area contributed by atoms with Crippen LogP contribution < -0.4 is 5.32 Å². The molecule has 1 heterocycles. The second-order valence-electron chi connectivity index (χ2n) is 5.65. The number of nitrogens with zero attached hydrogens (tertiary/aromatic N) is 1. The van der Waals surface area contributed by atoms with Crippen molar-refractivity contribution < 1.29 is 5.11 Å². The predicted octanol–water partition coefficient (Wildman–Crippen LogP) is 2.01. The molecule has 1 aliphatic heterocycles. The Kier molecular flexibility index (Phi) is 5.37. The van der Waals surface area contributed by atoms with Crippen molar-refractivity contribution in [2.24, 2.45) is 0 Å². The molecule has 0 aliphatic carbocycles. The molecule has 1 saturated heterocycles. The zero-order chi connectivity index (χ0) is 13.7. The highest BCUT2D eigenvalue weighted by Crippen LogP contribution is 2.20. The topological polar surface area (TPSA) is 35.5 Å². The summed E-state index contributed by atoms with van der Waals surface area (Å²) in [5.41, 5.74) is 1.38. The highest BCUT2D eigenvalue weighted by molar-refractivity contribution is 5.15. The van der Waals surface area contributed by atoms with Gasteiger partial charge in [0.2, 0.25) is 0 Å². The minimum atomic E-state index is 0.236. The van der Waals surface area contributed by atoms with E-state index < -0.39 is 0 Å². The van der Waals surface area contributed by atoms with E-state index in [0.717, 1.165) is 19.5 Å². The van der Waals surface area contributed by atoms with Crippen molar-refractivity contribution in [3.63, 3.8) is 0 Å². The molecular weight excluding hydrogens is 236 g/mol. The van der Waals surface area contributed by atoms with Crippen LogP contribution in [0.5, 0.6) is 0 Å². The molecule has 0 spiro atoms. The van der Waals surface area contributed by atoms with Crippen LogP contribution in [0.25, 0.3) is 0 Å². The van der Waals surface area contributed by atoms with Crippen LogP contribution in [0.3, 0.4) is 0 Å². The molecule has 19 heavy (non-hydrogen) atoms. The molecule has 3 unspecified atom stereocenters. The second kappa shape index (κ2) is 7.04. The van der Waals surface area contributed by atoms with Crippen LogP contribution in [-0.2, 0) is 6.54 Å². The predicted molar refractivity (Wildman–Crippen MR) is 79.0 cm³/mol. The summed E-state index contributed by atoms with van der Waals surface area (Å²) in [6.45, 7) is 6.75. The van der Waals surface area contributed by atoms with Gasteiger partial charge in [0.15, 0.2) is 0 Å². The Morgan fingerprint density at radius 3 is 2.74 bits per heavy atom. The van der Waals surface area contributed by atoms with Crippen molar-refractivity contribution >= 4 is 0 Å². The number of hydrogen-bond acceptors (Lipinski definition) is 3. The Balaban J connectivity index is 1.87. The molecular formula is C16H26N2O. The zero-order valence-corrected chi connectivity index (χ0v) is 12.0. The van der Waals surface area contributed by atoms with E-state index in [4.69, 9.17) is 0 Å². The van der Waals surface area contributed by atoms with Crippen LogP contribution >= 0.6 is 0 Å².